The fourth-order valence-corrected chi connectivity index (χ4v) is 3.28. The van der Waals surface area contributed by atoms with Crippen molar-refractivity contribution in [2.75, 3.05) is 13.2 Å². The number of fused-ring (bicyclic) bond motifs is 1. The maximum atomic E-state index is 12.1. The second-order valence-electron chi connectivity index (χ2n) is 5.63. The van der Waals surface area contributed by atoms with Crippen LogP contribution >= 0.6 is 0 Å². The van der Waals surface area contributed by atoms with Crippen molar-refractivity contribution < 1.29 is 9.53 Å². The number of hydrogen-bond donors (Lipinski definition) is 2. The van der Waals surface area contributed by atoms with Crippen LogP contribution in [0.3, 0.4) is 0 Å². The van der Waals surface area contributed by atoms with Gasteiger partial charge in [0.15, 0.2) is 0 Å². The SMILES string of the molecule is C=COCCCNC(=O)C1CCC2CCCCC2N1. The van der Waals surface area contributed by atoms with Gasteiger partial charge >= 0.3 is 0 Å². The monoisotopic (exact) mass is 266 g/mol. The van der Waals surface area contributed by atoms with E-state index in [4.69, 9.17) is 4.74 Å². The van der Waals surface area contributed by atoms with Crippen LogP contribution < -0.4 is 10.6 Å². The summed E-state index contributed by atoms with van der Waals surface area (Å²) in [6.07, 6.45) is 9.70. The first-order chi connectivity index (χ1) is 9.31. The van der Waals surface area contributed by atoms with Gasteiger partial charge in [0.05, 0.1) is 18.9 Å². The van der Waals surface area contributed by atoms with Crippen LogP contribution in [-0.4, -0.2) is 31.1 Å². The Morgan fingerprint density at radius 3 is 3.00 bits per heavy atom. The molecule has 108 valence electrons. The summed E-state index contributed by atoms with van der Waals surface area (Å²) in [6, 6.07) is 0.585. The Hall–Kier alpha value is -1.03. The standard InChI is InChI=1S/C15H26N2O2/c1-2-19-11-5-10-16-15(18)14-9-8-12-6-3-4-7-13(12)17-14/h2,12-14,17H,1,3-11H2,(H,16,18). The quantitative estimate of drug-likeness (QED) is 0.571. The first-order valence-corrected chi connectivity index (χ1v) is 7.57. The van der Waals surface area contributed by atoms with E-state index in [9.17, 15) is 4.79 Å². The Morgan fingerprint density at radius 2 is 2.16 bits per heavy atom. The Balaban J connectivity index is 1.67. The van der Waals surface area contributed by atoms with Gasteiger partial charge in [-0.25, -0.2) is 0 Å². The van der Waals surface area contributed by atoms with Crippen LogP contribution in [0.1, 0.15) is 44.9 Å². The molecule has 19 heavy (non-hydrogen) atoms. The molecule has 0 spiro atoms. The van der Waals surface area contributed by atoms with Gasteiger partial charge in [-0.15, -0.1) is 0 Å². The van der Waals surface area contributed by atoms with E-state index in [0.717, 1.165) is 18.8 Å². The van der Waals surface area contributed by atoms with E-state index in [2.05, 4.69) is 17.2 Å². The van der Waals surface area contributed by atoms with Crippen LogP contribution in [0.5, 0.6) is 0 Å². The second kappa shape index (κ2) is 7.53. The lowest BCUT2D eigenvalue weighted by atomic mass is 9.77. The zero-order valence-electron chi connectivity index (χ0n) is 11.7. The normalized spacial score (nSPS) is 30.2. The maximum absolute atomic E-state index is 12.1. The fourth-order valence-electron chi connectivity index (χ4n) is 3.28. The predicted octanol–water partition coefficient (Wildman–Crippen LogP) is 1.96. The van der Waals surface area contributed by atoms with Gasteiger partial charge in [0.1, 0.15) is 0 Å². The Bertz CT molecular complexity index is 307. The zero-order chi connectivity index (χ0) is 13.5. The van der Waals surface area contributed by atoms with E-state index >= 15 is 0 Å². The van der Waals surface area contributed by atoms with Crippen molar-refractivity contribution in [3.05, 3.63) is 12.8 Å². The van der Waals surface area contributed by atoms with Gasteiger partial charge in [-0.3, -0.25) is 4.79 Å². The molecule has 0 aromatic carbocycles. The van der Waals surface area contributed by atoms with Crippen molar-refractivity contribution in [1.29, 1.82) is 0 Å². The minimum absolute atomic E-state index is 0.0136. The summed E-state index contributed by atoms with van der Waals surface area (Å²) in [6.45, 7) is 4.78. The lowest BCUT2D eigenvalue weighted by Gasteiger charge is -2.39. The molecule has 4 nitrogen and oxygen atoms in total. The Morgan fingerprint density at radius 1 is 1.32 bits per heavy atom. The summed E-state index contributed by atoms with van der Waals surface area (Å²) in [5, 5.41) is 6.54. The molecule has 3 atom stereocenters. The highest BCUT2D eigenvalue weighted by atomic mass is 16.5. The van der Waals surface area contributed by atoms with E-state index in [1.54, 1.807) is 0 Å². The summed E-state index contributed by atoms with van der Waals surface area (Å²) in [7, 11) is 0. The molecule has 0 aromatic heterocycles. The van der Waals surface area contributed by atoms with Crippen LogP contribution in [0.15, 0.2) is 12.8 Å². The van der Waals surface area contributed by atoms with Crippen molar-refractivity contribution in [1.82, 2.24) is 10.6 Å². The molecular weight excluding hydrogens is 240 g/mol. The minimum atomic E-state index is 0.0136. The number of carbonyl (C=O) groups is 1. The molecule has 3 unspecified atom stereocenters. The lowest BCUT2D eigenvalue weighted by Crippen LogP contribution is -2.55. The average Bonchev–Trinajstić information content (AvgIpc) is 2.46. The third-order valence-electron chi connectivity index (χ3n) is 4.32. The average molecular weight is 266 g/mol. The summed E-state index contributed by atoms with van der Waals surface area (Å²) in [5.41, 5.74) is 0. The van der Waals surface area contributed by atoms with Crippen LogP contribution in [0, 0.1) is 5.92 Å². The first-order valence-electron chi connectivity index (χ1n) is 7.57. The van der Waals surface area contributed by atoms with Crippen molar-refractivity contribution in [3.63, 3.8) is 0 Å². The number of rotatable bonds is 6. The highest BCUT2D eigenvalue weighted by Gasteiger charge is 2.34. The molecule has 1 aliphatic carbocycles. The van der Waals surface area contributed by atoms with Gasteiger partial charge in [0, 0.05) is 12.6 Å². The number of amides is 1. The van der Waals surface area contributed by atoms with Crippen molar-refractivity contribution >= 4 is 5.91 Å². The Kier molecular flexibility index (Phi) is 5.70. The molecule has 1 saturated carbocycles. The highest BCUT2D eigenvalue weighted by molar-refractivity contribution is 5.81. The molecule has 1 saturated heterocycles. The molecule has 0 bridgehead atoms. The molecule has 1 aliphatic heterocycles. The summed E-state index contributed by atoms with van der Waals surface area (Å²) in [5.74, 6) is 0.960. The van der Waals surface area contributed by atoms with Crippen LogP contribution in [0.4, 0.5) is 0 Å². The third kappa shape index (κ3) is 4.23. The minimum Gasteiger partial charge on any atom is -0.502 e. The summed E-state index contributed by atoms with van der Waals surface area (Å²) < 4.78 is 5.03. The van der Waals surface area contributed by atoms with Gasteiger partial charge in [-0.2, -0.15) is 0 Å². The second-order valence-corrected chi connectivity index (χ2v) is 5.63. The molecule has 1 amide bonds. The van der Waals surface area contributed by atoms with Crippen molar-refractivity contribution in [2.24, 2.45) is 5.92 Å². The van der Waals surface area contributed by atoms with Crippen molar-refractivity contribution in [3.8, 4) is 0 Å². The highest BCUT2D eigenvalue weighted by Crippen LogP contribution is 2.32. The van der Waals surface area contributed by atoms with E-state index in [-0.39, 0.29) is 11.9 Å². The van der Waals surface area contributed by atoms with Gasteiger partial charge in [0.2, 0.25) is 5.91 Å². The predicted molar refractivity (Wildman–Crippen MR) is 75.7 cm³/mol. The van der Waals surface area contributed by atoms with Gasteiger partial charge < -0.3 is 15.4 Å². The molecule has 2 fully saturated rings. The molecule has 0 aromatic rings. The number of carbonyl (C=O) groups excluding carboxylic acids is 1. The molecule has 0 radical (unpaired) electrons. The van der Waals surface area contributed by atoms with Crippen LogP contribution in [0.25, 0.3) is 0 Å². The number of hydrogen-bond acceptors (Lipinski definition) is 3. The largest absolute Gasteiger partial charge is 0.502 e. The van der Waals surface area contributed by atoms with E-state index in [1.165, 1.54) is 38.4 Å². The van der Waals surface area contributed by atoms with E-state index < -0.39 is 0 Å². The molecule has 1 heterocycles. The topological polar surface area (TPSA) is 50.4 Å². The molecule has 4 heteroatoms. The lowest BCUT2D eigenvalue weighted by molar-refractivity contribution is -0.124. The summed E-state index contributed by atoms with van der Waals surface area (Å²) in [4.78, 5) is 12.1. The van der Waals surface area contributed by atoms with E-state index in [1.807, 2.05) is 0 Å². The van der Waals surface area contributed by atoms with Gasteiger partial charge in [-0.1, -0.05) is 19.4 Å². The fraction of sp³-hybridized carbons (Fsp3) is 0.800. The number of piperidine rings is 1. The zero-order valence-corrected chi connectivity index (χ0v) is 11.7. The number of ether oxygens (including phenoxy) is 1. The van der Waals surface area contributed by atoms with Gasteiger partial charge in [-0.05, 0) is 38.0 Å². The molecule has 2 N–H and O–H groups in total. The maximum Gasteiger partial charge on any atom is 0.237 e. The first kappa shape index (κ1) is 14.4. The Labute approximate surface area is 116 Å². The van der Waals surface area contributed by atoms with Crippen molar-refractivity contribution in [2.45, 2.75) is 57.0 Å². The van der Waals surface area contributed by atoms with E-state index in [0.29, 0.717) is 19.2 Å². The van der Waals surface area contributed by atoms with Gasteiger partial charge in [0.25, 0.3) is 0 Å². The summed E-state index contributed by atoms with van der Waals surface area (Å²) >= 11 is 0. The van der Waals surface area contributed by atoms with Crippen LogP contribution in [0.2, 0.25) is 0 Å². The van der Waals surface area contributed by atoms with Crippen LogP contribution in [-0.2, 0) is 9.53 Å². The molecule has 2 rings (SSSR count). The smallest absolute Gasteiger partial charge is 0.237 e. The molecule has 2 aliphatic rings. The third-order valence-corrected chi connectivity index (χ3v) is 4.32. The number of nitrogens with one attached hydrogen (secondary N) is 2. The molecular formula is C15H26N2O2.